The molecular formula is C17H23NO3. The normalized spacial score (nSPS) is 17.1. The minimum Gasteiger partial charge on any atom is -0.467 e. The van der Waals surface area contributed by atoms with E-state index in [1.165, 1.54) is 7.11 Å². The fourth-order valence-electron chi connectivity index (χ4n) is 3.01. The van der Waals surface area contributed by atoms with E-state index in [2.05, 4.69) is 5.32 Å². The lowest BCUT2D eigenvalue weighted by Crippen LogP contribution is -2.56. The number of nitrogens with one attached hydrogen (secondary N) is 1. The van der Waals surface area contributed by atoms with Crippen LogP contribution in [-0.2, 0) is 9.53 Å². The van der Waals surface area contributed by atoms with Gasteiger partial charge in [-0.15, -0.1) is 0 Å². The summed E-state index contributed by atoms with van der Waals surface area (Å²) in [5.41, 5.74) is 1.79. The molecule has 0 aliphatic heterocycles. The van der Waals surface area contributed by atoms with E-state index in [-0.39, 0.29) is 11.9 Å². The molecule has 0 spiro atoms. The highest BCUT2D eigenvalue weighted by molar-refractivity contribution is 5.99. The highest BCUT2D eigenvalue weighted by Crippen LogP contribution is 2.30. The molecule has 1 aromatic carbocycles. The van der Waals surface area contributed by atoms with Crippen molar-refractivity contribution in [2.24, 2.45) is 0 Å². The summed E-state index contributed by atoms with van der Waals surface area (Å²) in [6.07, 6.45) is 4.26. The molecule has 1 saturated carbocycles. The molecule has 2 rings (SSSR count). The van der Waals surface area contributed by atoms with Gasteiger partial charge in [0.15, 0.2) is 0 Å². The van der Waals surface area contributed by atoms with Crippen LogP contribution in [0.25, 0.3) is 0 Å². The Kier molecular flexibility index (Phi) is 4.66. The van der Waals surface area contributed by atoms with E-state index in [1.807, 2.05) is 26.0 Å². The lowest BCUT2D eigenvalue weighted by Gasteiger charge is -2.35. The second-order valence-corrected chi connectivity index (χ2v) is 5.84. The van der Waals surface area contributed by atoms with E-state index >= 15 is 0 Å². The van der Waals surface area contributed by atoms with Crippen molar-refractivity contribution in [3.8, 4) is 0 Å². The molecule has 0 aromatic heterocycles. The third-order valence-corrected chi connectivity index (χ3v) is 4.49. The second kappa shape index (κ2) is 6.29. The molecule has 1 N–H and O–H groups in total. The summed E-state index contributed by atoms with van der Waals surface area (Å²) >= 11 is 0. The lowest BCUT2D eigenvalue weighted by molar-refractivity contribution is -0.149. The van der Waals surface area contributed by atoms with Gasteiger partial charge in [-0.3, -0.25) is 4.79 Å². The number of rotatable bonds is 3. The zero-order chi connectivity index (χ0) is 15.5. The number of esters is 1. The van der Waals surface area contributed by atoms with E-state index in [4.69, 9.17) is 4.74 Å². The third kappa shape index (κ3) is 3.09. The molecule has 0 atom stereocenters. The van der Waals surface area contributed by atoms with Gasteiger partial charge in [0.25, 0.3) is 5.91 Å². The predicted molar refractivity (Wildman–Crippen MR) is 81.2 cm³/mol. The van der Waals surface area contributed by atoms with Gasteiger partial charge < -0.3 is 10.1 Å². The van der Waals surface area contributed by atoms with Crippen LogP contribution in [0.3, 0.4) is 0 Å². The Morgan fingerprint density at radius 2 is 1.81 bits per heavy atom. The standard InChI is InChI=1S/C17H23NO3/c1-12-8-7-9-14(13(12)2)15(19)18-17(16(20)21-3)10-5-4-6-11-17/h7-9H,4-6,10-11H2,1-3H3,(H,18,19). The van der Waals surface area contributed by atoms with Gasteiger partial charge in [0, 0.05) is 5.56 Å². The summed E-state index contributed by atoms with van der Waals surface area (Å²) in [7, 11) is 1.38. The maximum atomic E-state index is 12.6. The highest BCUT2D eigenvalue weighted by atomic mass is 16.5. The Bertz CT molecular complexity index is 545. The molecule has 1 aliphatic carbocycles. The van der Waals surface area contributed by atoms with Crippen molar-refractivity contribution in [3.05, 3.63) is 34.9 Å². The van der Waals surface area contributed by atoms with Crippen LogP contribution < -0.4 is 5.32 Å². The average molecular weight is 289 g/mol. The van der Waals surface area contributed by atoms with Crippen molar-refractivity contribution in [2.75, 3.05) is 7.11 Å². The van der Waals surface area contributed by atoms with Crippen molar-refractivity contribution >= 4 is 11.9 Å². The molecule has 1 aromatic rings. The fourth-order valence-corrected chi connectivity index (χ4v) is 3.01. The monoisotopic (exact) mass is 289 g/mol. The lowest BCUT2D eigenvalue weighted by atomic mass is 9.81. The predicted octanol–water partition coefficient (Wildman–Crippen LogP) is 2.91. The molecule has 0 radical (unpaired) electrons. The van der Waals surface area contributed by atoms with E-state index in [1.54, 1.807) is 6.07 Å². The number of carbonyl (C=O) groups is 2. The summed E-state index contributed by atoms with van der Waals surface area (Å²) in [6.45, 7) is 3.90. The first-order chi connectivity index (χ1) is 10.00. The molecule has 1 fully saturated rings. The zero-order valence-electron chi connectivity index (χ0n) is 13.0. The number of amides is 1. The molecule has 0 bridgehead atoms. The van der Waals surface area contributed by atoms with Crippen molar-refractivity contribution in [1.29, 1.82) is 0 Å². The van der Waals surface area contributed by atoms with Crippen LogP contribution in [0.2, 0.25) is 0 Å². The summed E-state index contributed by atoms with van der Waals surface area (Å²) < 4.78 is 4.93. The molecule has 1 amide bonds. The van der Waals surface area contributed by atoms with E-state index in [9.17, 15) is 9.59 Å². The minimum absolute atomic E-state index is 0.191. The van der Waals surface area contributed by atoms with Crippen LogP contribution in [-0.4, -0.2) is 24.5 Å². The first-order valence-electron chi connectivity index (χ1n) is 7.47. The topological polar surface area (TPSA) is 55.4 Å². The molecule has 0 unspecified atom stereocenters. The van der Waals surface area contributed by atoms with Crippen LogP contribution in [0.4, 0.5) is 0 Å². The largest absolute Gasteiger partial charge is 0.467 e. The first kappa shape index (κ1) is 15.5. The van der Waals surface area contributed by atoms with Crippen molar-refractivity contribution in [2.45, 2.75) is 51.5 Å². The number of benzene rings is 1. The summed E-state index contributed by atoms with van der Waals surface area (Å²) in [5.74, 6) is -0.524. The SMILES string of the molecule is COC(=O)C1(NC(=O)c2cccc(C)c2C)CCCCC1. The highest BCUT2D eigenvalue weighted by Gasteiger charge is 2.42. The number of methoxy groups -OCH3 is 1. The van der Waals surface area contributed by atoms with Crippen LogP contribution in [0.5, 0.6) is 0 Å². The van der Waals surface area contributed by atoms with Gasteiger partial charge in [-0.05, 0) is 43.9 Å². The molecular weight excluding hydrogens is 266 g/mol. The van der Waals surface area contributed by atoms with Crippen LogP contribution >= 0.6 is 0 Å². The van der Waals surface area contributed by atoms with E-state index in [0.29, 0.717) is 18.4 Å². The number of carbonyl (C=O) groups excluding carboxylic acids is 2. The quantitative estimate of drug-likeness (QED) is 0.870. The first-order valence-corrected chi connectivity index (χ1v) is 7.47. The Balaban J connectivity index is 2.26. The van der Waals surface area contributed by atoms with Crippen molar-refractivity contribution in [1.82, 2.24) is 5.32 Å². The molecule has 0 saturated heterocycles. The van der Waals surface area contributed by atoms with E-state index < -0.39 is 5.54 Å². The van der Waals surface area contributed by atoms with Crippen molar-refractivity contribution < 1.29 is 14.3 Å². The van der Waals surface area contributed by atoms with Gasteiger partial charge in [-0.25, -0.2) is 4.79 Å². The molecule has 4 heteroatoms. The van der Waals surface area contributed by atoms with Crippen LogP contribution in [0.1, 0.15) is 53.6 Å². The van der Waals surface area contributed by atoms with Crippen molar-refractivity contribution in [3.63, 3.8) is 0 Å². The molecule has 0 heterocycles. The Morgan fingerprint density at radius 3 is 2.43 bits per heavy atom. The number of hydrogen-bond acceptors (Lipinski definition) is 3. The fraction of sp³-hybridized carbons (Fsp3) is 0.529. The smallest absolute Gasteiger partial charge is 0.331 e. The Labute approximate surface area is 125 Å². The van der Waals surface area contributed by atoms with Crippen LogP contribution in [0, 0.1) is 13.8 Å². The van der Waals surface area contributed by atoms with Gasteiger partial charge in [-0.2, -0.15) is 0 Å². The van der Waals surface area contributed by atoms with Crippen LogP contribution in [0.15, 0.2) is 18.2 Å². The molecule has 21 heavy (non-hydrogen) atoms. The zero-order valence-corrected chi connectivity index (χ0v) is 13.0. The summed E-state index contributed by atoms with van der Waals surface area (Å²) in [4.78, 5) is 24.8. The number of aryl methyl sites for hydroxylation is 1. The molecule has 114 valence electrons. The maximum absolute atomic E-state index is 12.6. The van der Waals surface area contributed by atoms with Gasteiger partial charge in [0.1, 0.15) is 5.54 Å². The summed E-state index contributed by atoms with van der Waals surface area (Å²) in [5, 5.41) is 2.95. The van der Waals surface area contributed by atoms with E-state index in [0.717, 1.165) is 30.4 Å². The maximum Gasteiger partial charge on any atom is 0.331 e. The molecule has 4 nitrogen and oxygen atoms in total. The van der Waals surface area contributed by atoms with Gasteiger partial charge in [0.05, 0.1) is 7.11 Å². The number of hydrogen-bond donors (Lipinski definition) is 1. The average Bonchev–Trinajstić information content (AvgIpc) is 2.50. The summed E-state index contributed by atoms with van der Waals surface area (Å²) in [6, 6.07) is 5.64. The van der Waals surface area contributed by atoms with Gasteiger partial charge >= 0.3 is 5.97 Å². The Morgan fingerprint density at radius 1 is 1.14 bits per heavy atom. The van der Waals surface area contributed by atoms with Gasteiger partial charge in [0.2, 0.25) is 0 Å². The number of ether oxygens (including phenoxy) is 1. The minimum atomic E-state index is -0.861. The molecule has 1 aliphatic rings. The second-order valence-electron chi connectivity index (χ2n) is 5.84. The van der Waals surface area contributed by atoms with Gasteiger partial charge in [-0.1, -0.05) is 31.4 Å². The third-order valence-electron chi connectivity index (χ3n) is 4.49. The Hall–Kier alpha value is -1.84.